The number of hydrogen-bond acceptors (Lipinski definition) is 4. The molecule has 5 heteroatoms. The van der Waals surface area contributed by atoms with Gasteiger partial charge in [-0.25, -0.2) is 9.97 Å². The Kier molecular flexibility index (Phi) is 4.58. The van der Waals surface area contributed by atoms with E-state index in [1.807, 2.05) is 0 Å². The summed E-state index contributed by atoms with van der Waals surface area (Å²) in [6, 6.07) is 4.19. The molecule has 0 saturated heterocycles. The van der Waals surface area contributed by atoms with E-state index < -0.39 is 0 Å². The molecule has 0 fully saturated rings. The van der Waals surface area contributed by atoms with E-state index in [4.69, 9.17) is 4.98 Å². The molecule has 0 spiro atoms. The van der Waals surface area contributed by atoms with Crippen molar-refractivity contribution in [3.8, 4) is 10.7 Å². The molecule has 0 aliphatic rings. The van der Waals surface area contributed by atoms with Gasteiger partial charge in [-0.15, -0.1) is 11.3 Å². The standard InChI is InChI=1S/C14H18BrN3S/c1-5-16-14-11(15)12(8(2)3)17-13(18-14)10-7-6-9(4)19-10/h6-8H,5H2,1-4H3,(H,16,17,18). The lowest BCUT2D eigenvalue weighted by atomic mass is 10.1. The molecule has 0 aliphatic heterocycles. The normalized spacial score (nSPS) is 11.1. The van der Waals surface area contributed by atoms with E-state index in [1.54, 1.807) is 11.3 Å². The summed E-state index contributed by atoms with van der Waals surface area (Å²) in [6.45, 7) is 9.30. The van der Waals surface area contributed by atoms with Crippen LogP contribution in [0.1, 0.15) is 37.3 Å². The van der Waals surface area contributed by atoms with Crippen LogP contribution in [0.3, 0.4) is 0 Å². The lowest BCUT2D eigenvalue weighted by Gasteiger charge is -2.13. The highest BCUT2D eigenvalue weighted by atomic mass is 79.9. The molecular formula is C14H18BrN3S. The second-order valence-corrected chi connectivity index (χ2v) is 6.77. The van der Waals surface area contributed by atoms with Gasteiger partial charge in [0.1, 0.15) is 5.82 Å². The van der Waals surface area contributed by atoms with Crippen molar-refractivity contribution in [2.24, 2.45) is 0 Å². The SMILES string of the molecule is CCNc1nc(-c2ccc(C)s2)nc(C(C)C)c1Br. The summed E-state index contributed by atoms with van der Waals surface area (Å²) < 4.78 is 0.973. The molecule has 2 aromatic heterocycles. The number of halogens is 1. The van der Waals surface area contributed by atoms with Crippen molar-refractivity contribution in [1.29, 1.82) is 0 Å². The molecule has 2 rings (SSSR count). The first-order valence-corrected chi connectivity index (χ1v) is 8.02. The minimum absolute atomic E-state index is 0.356. The van der Waals surface area contributed by atoms with Crippen molar-refractivity contribution < 1.29 is 0 Å². The molecule has 0 aromatic carbocycles. The fraction of sp³-hybridized carbons (Fsp3) is 0.429. The number of rotatable bonds is 4. The Balaban J connectivity index is 2.55. The molecule has 0 unspecified atom stereocenters. The third-order valence-electron chi connectivity index (χ3n) is 2.73. The van der Waals surface area contributed by atoms with E-state index in [0.717, 1.165) is 33.2 Å². The van der Waals surface area contributed by atoms with E-state index in [-0.39, 0.29) is 0 Å². The topological polar surface area (TPSA) is 37.8 Å². The van der Waals surface area contributed by atoms with Gasteiger partial charge in [-0.3, -0.25) is 0 Å². The predicted molar refractivity (Wildman–Crippen MR) is 86.0 cm³/mol. The summed E-state index contributed by atoms with van der Waals surface area (Å²) in [7, 11) is 0. The number of nitrogens with one attached hydrogen (secondary N) is 1. The second kappa shape index (κ2) is 6.01. The summed E-state index contributed by atoms with van der Waals surface area (Å²) in [6.07, 6.45) is 0. The molecule has 3 nitrogen and oxygen atoms in total. The molecule has 0 atom stereocenters. The van der Waals surface area contributed by atoms with Crippen LogP contribution in [0.2, 0.25) is 0 Å². The molecule has 2 heterocycles. The van der Waals surface area contributed by atoms with Gasteiger partial charge in [0.05, 0.1) is 15.0 Å². The first kappa shape index (κ1) is 14.5. The molecule has 0 radical (unpaired) electrons. The Morgan fingerprint density at radius 2 is 2.05 bits per heavy atom. The number of anilines is 1. The molecule has 2 aromatic rings. The molecule has 19 heavy (non-hydrogen) atoms. The van der Waals surface area contributed by atoms with Gasteiger partial charge >= 0.3 is 0 Å². The van der Waals surface area contributed by atoms with E-state index in [9.17, 15) is 0 Å². The summed E-state index contributed by atoms with van der Waals surface area (Å²) in [5.41, 5.74) is 1.05. The van der Waals surface area contributed by atoms with Crippen molar-refractivity contribution in [1.82, 2.24) is 9.97 Å². The van der Waals surface area contributed by atoms with Crippen LogP contribution in [-0.2, 0) is 0 Å². The fourth-order valence-electron chi connectivity index (χ4n) is 1.80. The smallest absolute Gasteiger partial charge is 0.171 e. The van der Waals surface area contributed by atoms with Crippen LogP contribution in [0.4, 0.5) is 5.82 Å². The van der Waals surface area contributed by atoms with Crippen molar-refractivity contribution in [3.05, 3.63) is 27.2 Å². The van der Waals surface area contributed by atoms with Gasteiger partial charge < -0.3 is 5.32 Å². The van der Waals surface area contributed by atoms with Crippen LogP contribution < -0.4 is 5.32 Å². The lowest BCUT2D eigenvalue weighted by molar-refractivity contribution is 0.810. The third kappa shape index (κ3) is 3.15. The van der Waals surface area contributed by atoms with Crippen molar-refractivity contribution in [3.63, 3.8) is 0 Å². The minimum atomic E-state index is 0.356. The molecule has 0 saturated carbocycles. The van der Waals surface area contributed by atoms with Crippen LogP contribution in [0.15, 0.2) is 16.6 Å². The highest BCUT2D eigenvalue weighted by Crippen LogP contribution is 2.33. The van der Waals surface area contributed by atoms with Crippen molar-refractivity contribution in [2.75, 3.05) is 11.9 Å². The van der Waals surface area contributed by atoms with Gasteiger partial charge in [0.15, 0.2) is 5.82 Å². The quantitative estimate of drug-likeness (QED) is 0.866. The zero-order valence-electron chi connectivity index (χ0n) is 11.6. The second-order valence-electron chi connectivity index (χ2n) is 4.69. The maximum Gasteiger partial charge on any atom is 0.171 e. The van der Waals surface area contributed by atoms with Crippen molar-refractivity contribution in [2.45, 2.75) is 33.6 Å². The monoisotopic (exact) mass is 339 g/mol. The van der Waals surface area contributed by atoms with E-state index in [0.29, 0.717) is 5.92 Å². The average Bonchev–Trinajstić information content (AvgIpc) is 2.78. The molecule has 1 N–H and O–H groups in total. The first-order valence-electron chi connectivity index (χ1n) is 6.41. The Morgan fingerprint density at radius 3 is 2.58 bits per heavy atom. The minimum Gasteiger partial charge on any atom is -0.369 e. The van der Waals surface area contributed by atoms with Crippen LogP contribution in [0, 0.1) is 6.92 Å². The maximum absolute atomic E-state index is 4.71. The number of aromatic nitrogens is 2. The van der Waals surface area contributed by atoms with Gasteiger partial charge in [-0.1, -0.05) is 13.8 Å². The van der Waals surface area contributed by atoms with Crippen LogP contribution in [0.25, 0.3) is 10.7 Å². The molecule has 0 aliphatic carbocycles. The van der Waals surface area contributed by atoms with Gasteiger partial charge in [0.2, 0.25) is 0 Å². The van der Waals surface area contributed by atoms with Crippen LogP contribution in [-0.4, -0.2) is 16.5 Å². The molecule has 102 valence electrons. The molecular weight excluding hydrogens is 322 g/mol. The van der Waals surface area contributed by atoms with Gasteiger partial charge in [0.25, 0.3) is 0 Å². The Morgan fingerprint density at radius 1 is 1.32 bits per heavy atom. The zero-order chi connectivity index (χ0) is 14.0. The van der Waals surface area contributed by atoms with Gasteiger partial charge in [0, 0.05) is 11.4 Å². The third-order valence-corrected chi connectivity index (χ3v) is 4.51. The first-order chi connectivity index (χ1) is 9.02. The maximum atomic E-state index is 4.71. The number of hydrogen-bond donors (Lipinski definition) is 1. The van der Waals surface area contributed by atoms with Crippen molar-refractivity contribution >= 4 is 33.1 Å². The predicted octanol–water partition coefficient (Wildman–Crippen LogP) is 4.83. The summed E-state index contributed by atoms with van der Waals surface area (Å²) in [5, 5.41) is 3.29. The number of aryl methyl sites for hydroxylation is 1. The lowest BCUT2D eigenvalue weighted by Crippen LogP contribution is -2.06. The number of nitrogens with zero attached hydrogens (tertiary/aromatic N) is 2. The number of thiophene rings is 1. The van der Waals surface area contributed by atoms with Crippen LogP contribution >= 0.6 is 27.3 Å². The van der Waals surface area contributed by atoms with E-state index >= 15 is 0 Å². The Hall–Kier alpha value is -0.940. The molecule has 0 amide bonds. The zero-order valence-corrected chi connectivity index (χ0v) is 14.0. The van der Waals surface area contributed by atoms with E-state index in [1.165, 1.54) is 4.88 Å². The highest BCUT2D eigenvalue weighted by Gasteiger charge is 2.16. The average molecular weight is 340 g/mol. The molecule has 0 bridgehead atoms. The van der Waals surface area contributed by atoms with E-state index in [2.05, 4.69) is 66.1 Å². The highest BCUT2D eigenvalue weighted by molar-refractivity contribution is 9.10. The van der Waals surface area contributed by atoms with Crippen LogP contribution in [0.5, 0.6) is 0 Å². The Labute approximate surface area is 126 Å². The largest absolute Gasteiger partial charge is 0.369 e. The fourth-order valence-corrected chi connectivity index (χ4v) is 3.37. The van der Waals surface area contributed by atoms with Gasteiger partial charge in [-0.05, 0) is 47.8 Å². The summed E-state index contributed by atoms with van der Waals surface area (Å²) in [4.78, 5) is 11.7. The Bertz CT molecular complexity index is 578. The summed E-state index contributed by atoms with van der Waals surface area (Å²) >= 11 is 5.34. The van der Waals surface area contributed by atoms with Gasteiger partial charge in [-0.2, -0.15) is 0 Å². The summed E-state index contributed by atoms with van der Waals surface area (Å²) in [5.74, 6) is 2.04.